The second-order valence-corrected chi connectivity index (χ2v) is 9.10. The number of carbonyl (C=O) groups excluding carboxylic acids is 2. The number of amides is 2. The molecule has 0 saturated carbocycles. The Labute approximate surface area is 205 Å². The summed E-state index contributed by atoms with van der Waals surface area (Å²) in [5.74, 6) is -0.449. The molecule has 0 atom stereocenters. The lowest BCUT2D eigenvalue weighted by atomic mass is 10.1. The van der Waals surface area contributed by atoms with Gasteiger partial charge in [0.05, 0.1) is 5.02 Å². The van der Waals surface area contributed by atoms with Crippen LogP contribution < -0.4 is 16.0 Å². The first-order chi connectivity index (χ1) is 16.0. The molecule has 0 unspecified atom stereocenters. The van der Waals surface area contributed by atoms with Gasteiger partial charge in [-0.05, 0) is 48.5 Å². The molecule has 0 aliphatic heterocycles. The zero-order chi connectivity index (χ0) is 23.2. The van der Waals surface area contributed by atoms with Crippen molar-refractivity contribution in [3.8, 4) is 0 Å². The minimum absolute atomic E-state index is 0.0775. The van der Waals surface area contributed by atoms with Crippen molar-refractivity contribution in [1.82, 2.24) is 5.32 Å². The van der Waals surface area contributed by atoms with Crippen molar-refractivity contribution in [2.75, 3.05) is 10.6 Å². The van der Waals surface area contributed by atoms with Gasteiger partial charge in [-0.1, -0.05) is 66.2 Å². The number of hydrogen-bond donors (Lipinski definition) is 3. The zero-order valence-electron chi connectivity index (χ0n) is 17.4. The quantitative estimate of drug-likeness (QED) is 0.277. The van der Waals surface area contributed by atoms with Gasteiger partial charge in [0.1, 0.15) is 4.88 Å². The Bertz CT molecular complexity index is 1320. The van der Waals surface area contributed by atoms with E-state index in [1.807, 2.05) is 54.6 Å². The lowest BCUT2D eigenvalue weighted by Crippen LogP contribution is -2.33. The Morgan fingerprint density at radius 1 is 0.879 bits per heavy atom. The molecule has 33 heavy (non-hydrogen) atoms. The van der Waals surface area contributed by atoms with Gasteiger partial charge in [-0.25, -0.2) is 0 Å². The van der Waals surface area contributed by atoms with Gasteiger partial charge >= 0.3 is 0 Å². The summed E-state index contributed by atoms with van der Waals surface area (Å²) in [4.78, 5) is 25.4. The molecule has 0 spiro atoms. The second-order valence-electron chi connectivity index (χ2n) is 7.26. The van der Waals surface area contributed by atoms with Gasteiger partial charge in [-0.3, -0.25) is 14.9 Å². The number of nitrogens with one attached hydrogen (secondary N) is 3. The molecule has 1 heterocycles. The summed E-state index contributed by atoms with van der Waals surface area (Å²) in [6.45, 7) is 0. The summed E-state index contributed by atoms with van der Waals surface area (Å²) in [5, 5.41) is 9.92. The number of carbonyl (C=O) groups is 2. The predicted octanol–water partition coefficient (Wildman–Crippen LogP) is 6.25. The SMILES string of the molecule is O=C(CCc1ccccc1)Nc1cccc(NC(=S)NC(=O)c2sc3ccccc3c2Cl)c1. The standard InChI is InChI=1S/C25H20ClN3O2S2/c26-22-19-11-4-5-12-20(19)33-23(22)24(31)29-25(32)28-18-10-6-9-17(15-18)27-21(30)14-13-16-7-2-1-3-8-16/h1-12,15H,13-14H2,(H,27,30)(H2,28,29,31,32). The van der Waals surface area contributed by atoms with E-state index >= 15 is 0 Å². The van der Waals surface area contributed by atoms with Crippen LogP contribution >= 0.6 is 35.2 Å². The third-order valence-electron chi connectivity index (χ3n) is 4.86. The first kappa shape index (κ1) is 22.9. The number of benzene rings is 3. The van der Waals surface area contributed by atoms with Crippen molar-refractivity contribution >= 4 is 73.5 Å². The van der Waals surface area contributed by atoms with Crippen LogP contribution in [0.5, 0.6) is 0 Å². The highest BCUT2D eigenvalue weighted by molar-refractivity contribution is 7.80. The van der Waals surface area contributed by atoms with Crippen LogP contribution in [0.4, 0.5) is 11.4 Å². The van der Waals surface area contributed by atoms with Gasteiger partial charge in [0, 0.05) is 27.9 Å². The van der Waals surface area contributed by atoms with E-state index in [9.17, 15) is 9.59 Å². The Kier molecular flexibility index (Phi) is 7.34. The first-order valence-corrected chi connectivity index (χ1v) is 11.8. The summed E-state index contributed by atoms with van der Waals surface area (Å²) in [6.07, 6.45) is 1.05. The van der Waals surface area contributed by atoms with E-state index < -0.39 is 0 Å². The van der Waals surface area contributed by atoms with Crippen LogP contribution in [0.1, 0.15) is 21.7 Å². The summed E-state index contributed by atoms with van der Waals surface area (Å²) >= 11 is 13.0. The fourth-order valence-electron chi connectivity index (χ4n) is 3.28. The van der Waals surface area contributed by atoms with Gasteiger partial charge in [-0.2, -0.15) is 0 Å². The maximum Gasteiger partial charge on any atom is 0.269 e. The molecule has 3 N–H and O–H groups in total. The van der Waals surface area contributed by atoms with Gasteiger partial charge in [0.15, 0.2) is 5.11 Å². The highest BCUT2D eigenvalue weighted by Crippen LogP contribution is 2.35. The number of thiophene rings is 1. The molecule has 166 valence electrons. The normalized spacial score (nSPS) is 10.6. The first-order valence-electron chi connectivity index (χ1n) is 10.2. The van der Waals surface area contributed by atoms with Crippen LogP contribution in [0.2, 0.25) is 5.02 Å². The molecule has 5 nitrogen and oxygen atoms in total. The molecule has 4 rings (SSSR count). The monoisotopic (exact) mass is 493 g/mol. The van der Waals surface area contributed by atoms with Crippen LogP contribution in [-0.4, -0.2) is 16.9 Å². The summed E-state index contributed by atoms with van der Waals surface area (Å²) in [6, 6.07) is 24.6. The summed E-state index contributed by atoms with van der Waals surface area (Å²) < 4.78 is 0.933. The number of thiocarbonyl (C=S) groups is 1. The van der Waals surface area contributed by atoms with E-state index in [4.69, 9.17) is 23.8 Å². The van der Waals surface area contributed by atoms with E-state index in [0.29, 0.717) is 34.1 Å². The smallest absolute Gasteiger partial charge is 0.269 e. The van der Waals surface area contributed by atoms with Crippen molar-refractivity contribution in [3.63, 3.8) is 0 Å². The van der Waals surface area contributed by atoms with E-state index in [1.54, 1.807) is 24.3 Å². The zero-order valence-corrected chi connectivity index (χ0v) is 19.8. The molecular formula is C25H20ClN3O2S2. The Hall–Kier alpha value is -3.26. The fraction of sp³-hybridized carbons (Fsp3) is 0.0800. The second kappa shape index (κ2) is 10.6. The molecule has 0 fully saturated rings. The third kappa shape index (κ3) is 5.96. The molecule has 1 aromatic heterocycles. The minimum atomic E-state index is -0.371. The Balaban J connectivity index is 1.33. The van der Waals surface area contributed by atoms with Crippen molar-refractivity contribution in [3.05, 3.63) is 94.3 Å². The highest BCUT2D eigenvalue weighted by Gasteiger charge is 2.18. The van der Waals surface area contributed by atoms with Crippen LogP contribution in [0, 0.1) is 0 Å². The van der Waals surface area contributed by atoms with E-state index in [2.05, 4.69) is 16.0 Å². The largest absolute Gasteiger partial charge is 0.332 e. The number of halogens is 1. The summed E-state index contributed by atoms with van der Waals surface area (Å²) in [7, 11) is 0. The minimum Gasteiger partial charge on any atom is -0.332 e. The lowest BCUT2D eigenvalue weighted by Gasteiger charge is -2.11. The Morgan fingerprint density at radius 3 is 2.33 bits per heavy atom. The maximum atomic E-state index is 12.7. The number of anilines is 2. The van der Waals surface area contributed by atoms with Crippen LogP contribution in [0.15, 0.2) is 78.9 Å². The molecule has 0 aliphatic rings. The number of aryl methyl sites for hydroxylation is 1. The van der Waals surface area contributed by atoms with Gasteiger partial charge < -0.3 is 10.6 Å². The number of hydrogen-bond acceptors (Lipinski definition) is 4. The van der Waals surface area contributed by atoms with Gasteiger partial charge in [-0.15, -0.1) is 11.3 Å². The molecule has 0 radical (unpaired) electrons. The molecule has 0 saturated heterocycles. The van der Waals surface area contributed by atoms with Crippen LogP contribution in [-0.2, 0) is 11.2 Å². The van der Waals surface area contributed by atoms with Crippen molar-refractivity contribution in [2.24, 2.45) is 0 Å². The van der Waals surface area contributed by atoms with Crippen molar-refractivity contribution in [1.29, 1.82) is 0 Å². The molecule has 2 amide bonds. The Morgan fingerprint density at radius 2 is 1.58 bits per heavy atom. The van der Waals surface area contributed by atoms with E-state index in [0.717, 1.165) is 15.6 Å². The summed E-state index contributed by atoms with van der Waals surface area (Å²) in [5.41, 5.74) is 2.39. The number of rotatable bonds is 6. The van der Waals surface area contributed by atoms with Crippen molar-refractivity contribution in [2.45, 2.75) is 12.8 Å². The van der Waals surface area contributed by atoms with Crippen LogP contribution in [0.25, 0.3) is 10.1 Å². The predicted molar refractivity (Wildman–Crippen MR) is 140 cm³/mol. The average Bonchev–Trinajstić information content (AvgIpc) is 3.15. The maximum absolute atomic E-state index is 12.7. The molecule has 0 aliphatic carbocycles. The number of fused-ring (bicyclic) bond motifs is 1. The average molecular weight is 494 g/mol. The van der Waals surface area contributed by atoms with Gasteiger partial charge in [0.2, 0.25) is 5.91 Å². The molecule has 8 heteroatoms. The fourth-order valence-corrected chi connectivity index (χ4v) is 4.91. The van der Waals surface area contributed by atoms with Crippen molar-refractivity contribution < 1.29 is 9.59 Å². The molecular weight excluding hydrogens is 474 g/mol. The molecule has 0 bridgehead atoms. The lowest BCUT2D eigenvalue weighted by molar-refractivity contribution is -0.116. The van der Waals surface area contributed by atoms with E-state index in [1.165, 1.54) is 11.3 Å². The van der Waals surface area contributed by atoms with E-state index in [-0.39, 0.29) is 16.9 Å². The topological polar surface area (TPSA) is 70.2 Å². The molecule has 4 aromatic rings. The molecule has 3 aromatic carbocycles. The highest BCUT2D eigenvalue weighted by atomic mass is 35.5. The van der Waals surface area contributed by atoms with Gasteiger partial charge in [0.25, 0.3) is 5.91 Å². The van der Waals surface area contributed by atoms with Crippen LogP contribution in [0.3, 0.4) is 0 Å². The third-order valence-corrected chi connectivity index (χ3v) is 6.73.